The van der Waals surface area contributed by atoms with Gasteiger partial charge in [0.25, 0.3) is 5.91 Å². The molecular weight excluding hydrogens is 1260 g/mol. The van der Waals surface area contributed by atoms with Gasteiger partial charge in [-0.2, -0.15) is 15.3 Å². The number of halogens is 1. The summed E-state index contributed by atoms with van der Waals surface area (Å²) in [5.41, 5.74) is 11.0. The average molecular weight is 1340 g/mol. The van der Waals surface area contributed by atoms with Crippen LogP contribution in [0.25, 0.3) is 5.70 Å². The maximum atomic E-state index is 12.1. The first-order chi connectivity index (χ1) is 40.0. The summed E-state index contributed by atoms with van der Waals surface area (Å²) in [6.45, 7) is 22.1. The van der Waals surface area contributed by atoms with Crippen LogP contribution in [0.5, 0.6) is 0 Å². The van der Waals surface area contributed by atoms with Gasteiger partial charge >= 0.3 is 17.9 Å². The monoisotopic (exact) mass is 1340 g/mol. The predicted octanol–water partition coefficient (Wildman–Crippen LogP) is 11.3. The largest absolute Gasteiger partial charge is 0.462 e. The van der Waals surface area contributed by atoms with Crippen molar-refractivity contribution in [3.05, 3.63) is 191 Å². The standard InChI is InChI=1S/C16H20N4O2.C16H18N4O2.C10H11NO.C7H13NO2.C6H9N3O2.C5H4BrN.CH3.Pd.H2/c2*1-4-22-15(21)11-10-18-20-14(11)19-13(9-16(20,2)3)12-7-5-6-8-17-12;1-8(2)7-10(12)9-5-3-4-6-11-9;1-6(2)5-7(9)8(3)10-4;1-2-11-6(10)4-3-8-9-5(4)7;6-5-3-1-2-4-7-5;;;/h5-8,10,13,19H,4,9H2,1-3H3;5-10,19H,4H2,1-3H3;3-7H,1-2H3;5H,1-4H3;3H,2H2,1H3,(H3,7,8,9);1-4H;1H3;;1H/q;;;;;;-1;;. The van der Waals surface area contributed by atoms with Crippen LogP contribution in [0.3, 0.4) is 0 Å². The number of hydrogen-bond donors (Lipinski definition) is 4. The number of hydrogen-bond acceptors (Lipinski definition) is 19. The van der Waals surface area contributed by atoms with E-state index in [9.17, 15) is 24.0 Å². The molecule has 1 amide bonds. The molecule has 1 unspecified atom stereocenters. The van der Waals surface area contributed by atoms with Gasteiger partial charge in [-0.3, -0.25) is 34.5 Å². The molecule has 7 aromatic rings. The van der Waals surface area contributed by atoms with Crippen molar-refractivity contribution >= 4 is 68.7 Å². The van der Waals surface area contributed by atoms with Crippen molar-refractivity contribution in [1.82, 2.24) is 54.8 Å². The molecule has 0 aliphatic carbocycles. The van der Waals surface area contributed by atoms with E-state index in [0.717, 1.165) is 39.3 Å². The van der Waals surface area contributed by atoms with E-state index in [0.29, 0.717) is 48.3 Å². The molecule has 0 bridgehead atoms. The van der Waals surface area contributed by atoms with E-state index in [4.69, 9.17) is 15.2 Å². The molecule has 0 fully saturated rings. The summed E-state index contributed by atoms with van der Waals surface area (Å²) in [6.07, 6.45) is 17.3. The Morgan fingerprint density at radius 3 is 1.69 bits per heavy atom. The third-order valence-corrected chi connectivity index (χ3v) is 12.0. The van der Waals surface area contributed by atoms with E-state index in [2.05, 4.69) is 90.3 Å². The van der Waals surface area contributed by atoms with Crippen molar-refractivity contribution in [2.45, 2.75) is 99.7 Å². The summed E-state index contributed by atoms with van der Waals surface area (Å²) in [7, 11) is 3.03. The van der Waals surface area contributed by atoms with Crippen LogP contribution in [-0.4, -0.2) is 118 Å². The zero-order valence-corrected chi connectivity index (χ0v) is 54.2. The summed E-state index contributed by atoms with van der Waals surface area (Å²) in [4.78, 5) is 78.6. The van der Waals surface area contributed by atoms with Crippen LogP contribution in [0.15, 0.2) is 150 Å². The number of aromatic nitrogens is 10. The summed E-state index contributed by atoms with van der Waals surface area (Å²) in [5, 5.41) is 22.5. The molecule has 0 saturated carbocycles. The number of H-pyrrole nitrogens is 1. The third-order valence-electron chi connectivity index (χ3n) is 11.5. The molecule has 466 valence electrons. The second-order valence-electron chi connectivity index (χ2n) is 19.7. The Kier molecular flexibility index (Phi) is 31.1. The fourth-order valence-corrected chi connectivity index (χ4v) is 7.92. The number of hydroxylamine groups is 2. The molecule has 2 aliphatic rings. The Labute approximate surface area is 526 Å². The number of likely N-dealkylation sites (N-methyl/N-ethyl adjacent to an activating group) is 1. The number of nitrogen functional groups attached to an aromatic ring is 1. The molecule has 2 aliphatic heterocycles. The van der Waals surface area contributed by atoms with Gasteiger partial charge in [0.1, 0.15) is 44.4 Å². The number of ketones is 1. The molecule has 0 radical (unpaired) electrons. The SMILES string of the molecule is Brc1ccccn1.CC(C)=CC(=O)c1ccccn1.CCOC(=O)c1cn[nH]c1N.CCOC(=O)c1cnn2c1NC(c1ccccn1)=CC2(C)C.CCOC(=O)c1cnn2c1NC(c1ccccn1)CC2(C)C.CON(C)C(=O)C=C(C)C.[CH3-].[HH].[Pd]. The molecular formula is C61H80BrN14O9Pd-. The van der Waals surface area contributed by atoms with Crippen molar-refractivity contribution in [2.75, 3.05) is 50.3 Å². The second kappa shape index (κ2) is 36.4. The molecule has 9 rings (SSSR count). The number of pyridine rings is 4. The number of carbonyl (C=O) groups is 5. The van der Waals surface area contributed by atoms with Gasteiger partial charge in [0.2, 0.25) is 5.78 Å². The van der Waals surface area contributed by atoms with E-state index >= 15 is 0 Å². The molecule has 23 nitrogen and oxygen atoms in total. The molecule has 1 atom stereocenters. The number of aromatic amines is 1. The number of nitrogens with two attached hydrogens (primary N) is 1. The molecule has 7 aromatic heterocycles. The normalized spacial score (nSPS) is 13.1. The summed E-state index contributed by atoms with van der Waals surface area (Å²) in [6, 6.07) is 22.6. The number of fused-ring (bicyclic) bond motifs is 2. The maximum Gasteiger partial charge on any atom is 0.343 e. The Bertz CT molecular complexity index is 3330. The van der Waals surface area contributed by atoms with Gasteiger partial charge in [0.05, 0.1) is 79.7 Å². The van der Waals surface area contributed by atoms with Gasteiger partial charge in [0.15, 0.2) is 0 Å². The van der Waals surface area contributed by atoms with E-state index in [1.807, 2.05) is 107 Å². The molecule has 0 spiro atoms. The fourth-order valence-electron chi connectivity index (χ4n) is 7.65. The van der Waals surface area contributed by atoms with Gasteiger partial charge in [-0.15, -0.1) is 0 Å². The number of amides is 1. The van der Waals surface area contributed by atoms with Crippen molar-refractivity contribution in [3.63, 3.8) is 0 Å². The summed E-state index contributed by atoms with van der Waals surface area (Å²) < 4.78 is 19.4. The number of nitrogens with zero attached hydrogens (tertiary/aromatic N) is 10. The number of allylic oxidation sites excluding steroid dienone is 4. The van der Waals surface area contributed by atoms with E-state index < -0.39 is 5.97 Å². The van der Waals surface area contributed by atoms with Crippen LogP contribution in [0, 0.1) is 7.43 Å². The second-order valence-corrected chi connectivity index (χ2v) is 20.5. The molecule has 25 heteroatoms. The first kappa shape index (κ1) is 73.6. The van der Waals surface area contributed by atoms with Gasteiger partial charge in [-0.25, -0.2) is 33.8 Å². The van der Waals surface area contributed by atoms with Crippen LogP contribution < -0.4 is 16.4 Å². The quantitative estimate of drug-likeness (QED) is 0.0129. The summed E-state index contributed by atoms with van der Waals surface area (Å²) >= 11 is 3.20. The van der Waals surface area contributed by atoms with Gasteiger partial charge in [-0.1, -0.05) is 35.4 Å². The minimum Gasteiger partial charge on any atom is -0.462 e. The predicted molar refractivity (Wildman–Crippen MR) is 333 cm³/mol. The first-order valence-corrected chi connectivity index (χ1v) is 27.5. The van der Waals surface area contributed by atoms with E-state index in [1.54, 1.807) is 87.8 Å². The Morgan fingerprint density at radius 1 is 0.709 bits per heavy atom. The van der Waals surface area contributed by atoms with Crippen LogP contribution >= 0.6 is 15.9 Å². The van der Waals surface area contributed by atoms with Crippen LogP contribution in [-0.2, 0) is 55.3 Å². The molecule has 86 heavy (non-hydrogen) atoms. The summed E-state index contributed by atoms with van der Waals surface area (Å²) in [5.74, 6) is 0.222. The Hall–Kier alpha value is -8.50. The van der Waals surface area contributed by atoms with Crippen LogP contribution in [0.1, 0.15) is 143 Å². The Morgan fingerprint density at radius 2 is 1.23 bits per heavy atom. The van der Waals surface area contributed by atoms with Crippen molar-refractivity contribution in [1.29, 1.82) is 0 Å². The first-order valence-electron chi connectivity index (χ1n) is 26.7. The van der Waals surface area contributed by atoms with Gasteiger partial charge in [-0.05, 0) is 159 Å². The van der Waals surface area contributed by atoms with Crippen LogP contribution in [0.4, 0.5) is 17.5 Å². The zero-order chi connectivity index (χ0) is 62.0. The van der Waals surface area contributed by atoms with Gasteiger partial charge < -0.3 is 38.0 Å². The van der Waals surface area contributed by atoms with Crippen molar-refractivity contribution in [3.8, 4) is 0 Å². The van der Waals surface area contributed by atoms with Crippen LogP contribution in [0.2, 0.25) is 0 Å². The van der Waals surface area contributed by atoms with E-state index in [1.165, 1.54) is 30.6 Å². The zero-order valence-electron chi connectivity index (χ0n) is 51.0. The number of ether oxygens (including phenoxy) is 3. The Balaban J connectivity index is 0.000000543. The minimum absolute atomic E-state index is 0. The molecule has 0 saturated heterocycles. The molecule has 9 heterocycles. The minimum atomic E-state index is -0.446. The number of esters is 3. The number of anilines is 3. The topological polar surface area (TPSA) is 291 Å². The van der Waals surface area contributed by atoms with Crippen molar-refractivity contribution < 1.29 is 64.9 Å². The number of carbonyl (C=O) groups excluding carboxylic acids is 5. The number of rotatable bonds is 12. The average Bonchev–Trinajstić information content (AvgIpc) is 1.77. The van der Waals surface area contributed by atoms with Crippen molar-refractivity contribution in [2.24, 2.45) is 0 Å². The fraction of sp³-hybridized carbons (Fsp3) is 0.328. The van der Waals surface area contributed by atoms with E-state index in [-0.39, 0.29) is 81.4 Å². The number of nitrogens with one attached hydrogen (secondary N) is 3. The smallest absolute Gasteiger partial charge is 0.343 e. The maximum absolute atomic E-state index is 12.1. The molecule has 5 N–H and O–H groups in total. The third kappa shape index (κ3) is 22.5. The van der Waals surface area contributed by atoms with Gasteiger partial charge in [0, 0.05) is 59.8 Å². The molecule has 0 aromatic carbocycles.